The van der Waals surface area contributed by atoms with Gasteiger partial charge in [0.1, 0.15) is 0 Å². The van der Waals surface area contributed by atoms with E-state index in [1.165, 1.54) is 0 Å². The van der Waals surface area contributed by atoms with Crippen molar-refractivity contribution < 1.29 is 4.79 Å². The standard InChI is InChI=1S/C10H15NO.C2H6/c1-4-7-8(9(11)5-2)10(12)6-3;1-2/h4-5,7H,1,6,11H2,2-3H3;1-2H3/b8-7+,9-5+;. The van der Waals surface area contributed by atoms with E-state index in [9.17, 15) is 4.79 Å². The topological polar surface area (TPSA) is 43.1 Å². The van der Waals surface area contributed by atoms with Crippen LogP contribution < -0.4 is 5.73 Å². The van der Waals surface area contributed by atoms with Crippen LogP contribution in [0.3, 0.4) is 0 Å². The van der Waals surface area contributed by atoms with Gasteiger partial charge in [-0.3, -0.25) is 4.79 Å². The summed E-state index contributed by atoms with van der Waals surface area (Å²) in [6.07, 6.45) is 5.39. The fourth-order valence-electron chi connectivity index (χ4n) is 0.814. The van der Waals surface area contributed by atoms with E-state index in [1.54, 1.807) is 25.2 Å². The van der Waals surface area contributed by atoms with Crippen LogP contribution in [-0.2, 0) is 4.79 Å². The van der Waals surface area contributed by atoms with E-state index in [-0.39, 0.29) is 5.78 Å². The number of carbonyl (C=O) groups is 1. The maximum Gasteiger partial charge on any atom is 0.164 e. The number of allylic oxidation sites excluding steroid dienone is 4. The zero-order valence-electron chi connectivity index (χ0n) is 9.63. The van der Waals surface area contributed by atoms with Gasteiger partial charge >= 0.3 is 0 Å². The summed E-state index contributed by atoms with van der Waals surface area (Å²) in [5, 5.41) is 0. The third-order valence-electron chi connectivity index (χ3n) is 1.53. The summed E-state index contributed by atoms with van der Waals surface area (Å²) in [4.78, 5) is 11.3. The Labute approximate surface area is 87.2 Å². The van der Waals surface area contributed by atoms with Crippen molar-refractivity contribution in [3.8, 4) is 0 Å². The molecule has 0 heterocycles. The molecule has 0 amide bonds. The van der Waals surface area contributed by atoms with E-state index < -0.39 is 0 Å². The lowest BCUT2D eigenvalue weighted by molar-refractivity contribution is -0.115. The predicted molar refractivity (Wildman–Crippen MR) is 62.9 cm³/mol. The maximum atomic E-state index is 11.3. The summed E-state index contributed by atoms with van der Waals surface area (Å²) < 4.78 is 0. The van der Waals surface area contributed by atoms with Gasteiger partial charge in [-0.15, -0.1) is 0 Å². The van der Waals surface area contributed by atoms with Crippen molar-refractivity contribution in [2.75, 3.05) is 0 Å². The maximum absolute atomic E-state index is 11.3. The van der Waals surface area contributed by atoms with Gasteiger partial charge in [-0.1, -0.05) is 39.5 Å². The zero-order valence-corrected chi connectivity index (χ0v) is 9.63. The summed E-state index contributed by atoms with van der Waals surface area (Å²) in [5.41, 5.74) is 6.67. The lowest BCUT2D eigenvalue weighted by Gasteiger charge is -2.02. The summed E-state index contributed by atoms with van der Waals surface area (Å²) in [5.74, 6) is 0.0468. The van der Waals surface area contributed by atoms with Crippen LogP contribution in [0, 0.1) is 0 Å². The highest BCUT2D eigenvalue weighted by Gasteiger charge is 2.07. The van der Waals surface area contributed by atoms with Crippen LogP contribution in [0.15, 0.2) is 36.1 Å². The molecule has 2 heteroatoms. The Hall–Kier alpha value is -1.31. The van der Waals surface area contributed by atoms with Crippen LogP contribution in [0.1, 0.15) is 34.1 Å². The molecular formula is C12H21NO. The van der Waals surface area contributed by atoms with E-state index in [0.717, 1.165) is 0 Å². The first-order chi connectivity index (χ1) is 6.67. The molecule has 80 valence electrons. The lowest BCUT2D eigenvalue weighted by Crippen LogP contribution is -2.09. The largest absolute Gasteiger partial charge is 0.398 e. The van der Waals surface area contributed by atoms with E-state index in [4.69, 9.17) is 5.73 Å². The second-order valence-electron chi connectivity index (χ2n) is 2.34. The summed E-state index contributed by atoms with van der Waals surface area (Å²) >= 11 is 0. The number of hydrogen-bond donors (Lipinski definition) is 1. The van der Waals surface area contributed by atoms with Crippen molar-refractivity contribution in [3.63, 3.8) is 0 Å². The van der Waals surface area contributed by atoms with Crippen molar-refractivity contribution in [1.82, 2.24) is 0 Å². The third-order valence-corrected chi connectivity index (χ3v) is 1.53. The average Bonchev–Trinajstić information content (AvgIpc) is 2.26. The first kappa shape index (κ1) is 15.2. The third kappa shape index (κ3) is 5.36. The molecule has 14 heavy (non-hydrogen) atoms. The minimum Gasteiger partial charge on any atom is -0.398 e. The lowest BCUT2D eigenvalue weighted by atomic mass is 10.1. The first-order valence-electron chi connectivity index (χ1n) is 4.95. The Bertz CT molecular complexity index is 237. The van der Waals surface area contributed by atoms with Gasteiger partial charge in [0.2, 0.25) is 0 Å². The Morgan fingerprint density at radius 3 is 2.21 bits per heavy atom. The second-order valence-corrected chi connectivity index (χ2v) is 2.34. The van der Waals surface area contributed by atoms with Gasteiger partial charge in [0.15, 0.2) is 5.78 Å². The quantitative estimate of drug-likeness (QED) is 0.553. The Kier molecular flexibility index (Phi) is 10.6. The molecule has 0 aromatic carbocycles. The molecule has 0 unspecified atom stereocenters. The zero-order chi connectivity index (χ0) is 11.6. The molecule has 0 saturated heterocycles. The van der Waals surface area contributed by atoms with Crippen molar-refractivity contribution in [2.45, 2.75) is 34.1 Å². The normalized spacial score (nSPS) is 11.4. The highest BCUT2D eigenvalue weighted by Crippen LogP contribution is 2.07. The van der Waals surface area contributed by atoms with Gasteiger partial charge in [-0.05, 0) is 13.0 Å². The minimum atomic E-state index is 0.0468. The highest BCUT2D eigenvalue weighted by atomic mass is 16.1. The smallest absolute Gasteiger partial charge is 0.164 e. The van der Waals surface area contributed by atoms with E-state index in [0.29, 0.717) is 17.7 Å². The van der Waals surface area contributed by atoms with Gasteiger partial charge in [-0.2, -0.15) is 0 Å². The number of ketones is 1. The fourth-order valence-corrected chi connectivity index (χ4v) is 0.814. The highest BCUT2D eigenvalue weighted by molar-refractivity contribution is 5.99. The molecule has 2 N–H and O–H groups in total. The molecule has 0 aromatic heterocycles. The molecule has 0 bridgehead atoms. The van der Waals surface area contributed by atoms with Crippen molar-refractivity contribution in [3.05, 3.63) is 36.1 Å². The van der Waals surface area contributed by atoms with Crippen molar-refractivity contribution in [2.24, 2.45) is 5.73 Å². The molecule has 0 aromatic rings. The monoisotopic (exact) mass is 195 g/mol. The summed E-state index contributed by atoms with van der Waals surface area (Å²) in [7, 11) is 0. The summed E-state index contributed by atoms with van der Waals surface area (Å²) in [6, 6.07) is 0. The number of Topliss-reactive ketones (excluding diaryl/α,β-unsaturated/α-hetero) is 1. The number of carbonyl (C=O) groups excluding carboxylic acids is 1. The number of rotatable bonds is 4. The van der Waals surface area contributed by atoms with Crippen molar-refractivity contribution >= 4 is 5.78 Å². The molecule has 0 fully saturated rings. The fraction of sp³-hybridized carbons (Fsp3) is 0.417. The average molecular weight is 195 g/mol. The molecule has 2 nitrogen and oxygen atoms in total. The van der Waals surface area contributed by atoms with Gasteiger partial charge in [0.05, 0.1) is 0 Å². The molecule has 0 aliphatic carbocycles. The van der Waals surface area contributed by atoms with E-state index >= 15 is 0 Å². The van der Waals surface area contributed by atoms with Crippen LogP contribution >= 0.6 is 0 Å². The van der Waals surface area contributed by atoms with Gasteiger partial charge in [0.25, 0.3) is 0 Å². The second kappa shape index (κ2) is 9.78. The van der Waals surface area contributed by atoms with Crippen LogP contribution in [0.25, 0.3) is 0 Å². The van der Waals surface area contributed by atoms with Gasteiger partial charge in [0, 0.05) is 17.7 Å². The molecule has 0 aliphatic rings. The minimum absolute atomic E-state index is 0.0468. The first-order valence-corrected chi connectivity index (χ1v) is 4.95. The Balaban J connectivity index is 0. The Morgan fingerprint density at radius 1 is 1.43 bits per heavy atom. The predicted octanol–water partition coefficient (Wildman–Crippen LogP) is 2.97. The van der Waals surface area contributed by atoms with E-state index in [2.05, 4.69) is 6.58 Å². The molecular weight excluding hydrogens is 174 g/mol. The SMILES string of the molecule is C=C/C=C(C(=O)CC)\C(N)=C/C.CC. The van der Waals surface area contributed by atoms with Gasteiger partial charge in [-0.25, -0.2) is 0 Å². The van der Waals surface area contributed by atoms with Crippen LogP contribution in [0.4, 0.5) is 0 Å². The molecule has 0 aliphatic heterocycles. The molecule has 0 atom stereocenters. The van der Waals surface area contributed by atoms with Crippen LogP contribution in [0.2, 0.25) is 0 Å². The molecule has 0 spiro atoms. The number of hydrogen-bond acceptors (Lipinski definition) is 2. The summed E-state index contributed by atoms with van der Waals surface area (Å²) in [6.45, 7) is 11.1. The van der Waals surface area contributed by atoms with Crippen molar-refractivity contribution in [1.29, 1.82) is 0 Å². The molecule has 0 radical (unpaired) electrons. The van der Waals surface area contributed by atoms with Gasteiger partial charge < -0.3 is 5.73 Å². The van der Waals surface area contributed by atoms with Crippen LogP contribution in [0.5, 0.6) is 0 Å². The molecule has 0 saturated carbocycles. The molecule has 0 rings (SSSR count). The number of nitrogens with two attached hydrogens (primary N) is 1. The Morgan fingerprint density at radius 2 is 1.93 bits per heavy atom. The van der Waals surface area contributed by atoms with E-state index in [1.807, 2.05) is 20.8 Å². The van der Waals surface area contributed by atoms with Crippen LogP contribution in [-0.4, -0.2) is 5.78 Å².